The molecule has 0 saturated carbocycles. The molecule has 2 aliphatic rings. The summed E-state index contributed by atoms with van der Waals surface area (Å²) < 4.78 is 0. The monoisotopic (exact) mass is 200 g/mol. The summed E-state index contributed by atoms with van der Waals surface area (Å²) in [6, 6.07) is 9.43. The highest BCUT2D eigenvalue weighted by Gasteiger charge is 2.24. The number of hydrogen-bond donors (Lipinski definition) is 1. The highest BCUT2D eigenvalue weighted by atomic mass is 15.1. The summed E-state index contributed by atoms with van der Waals surface area (Å²) in [5.74, 6) is 0.821. The molecule has 2 nitrogen and oxygen atoms in total. The van der Waals surface area contributed by atoms with Crippen LogP contribution in [0.25, 0.3) is 0 Å². The summed E-state index contributed by atoms with van der Waals surface area (Å²) in [5.41, 5.74) is 3.11. The third-order valence-electron chi connectivity index (χ3n) is 3.48. The molecule has 1 aliphatic carbocycles. The zero-order valence-electron chi connectivity index (χ0n) is 8.82. The molecule has 0 aromatic heterocycles. The number of hydrogen-bond acceptors (Lipinski definition) is 2. The molecule has 78 valence electrons. The molecule has 1 N–H and O–H groups in total. The van der Waals surface area contributed by atoms with E-state index in [-0.39, 0.29) is 0 Å². The normalized spacial score (nSPS) is 24.1. The van der Waals surface area contributed by atoms with Gasteiger partial charge in [-0.1, -0.05) is 24.3 Å². The Bertz CT molecular complexity index is 351. The predicted octanol–water partition coefficient (Wildman–Crippen LogP) is 1.79. The molecule has 0 unspecified atom stereocenters. The molecule has 2 heteroatoms. The minimum Gasteiger partial charge on any atom is -0.372 e. The van der Waals surface area contributed by atoms with Gasteiger partial charge in [-0.15, -0.1) is 0 Å². The van der Waals surface area contributed by atoms with Crippen LogP contribution in [0, 0.1) is 5.92 Å². The number of nitrogens with zero attached hydrogens (tertiary/aromatic N) is 1. The van der Waals surface area contributed by atoms with Crippen LogP contribution in [-0.4, -0.2) is 18.9 Å². The van der Waals surface area contributed by atoms with E-state index in [2.05, 4.69) is 34.6 Å². The van der Waals surface area contributed by atoms with Crippen LogP contribution in [0.5, 0.6) is 0 Å². The summed E-state index contributed by atoms with van der Waals surface area (Å²) >= 11 is 0. The van der Waals surface area contributed by atoms with Crippen molar-refractivity contribution in [2.75, 3.05) is 6.54 Å². The quantitative estimate of drug-likeness (QED) is 0.773. The van der Waals surface area contributed by atoms with E-state index in [9.17, 15) is 0 Å². The molecular weight excluding hydrogens is 184 g/mol. The predicted molar refractivity (Wildman–Crippen MR) is 62.2 cm³/mol. The topological polar surface area (TPSA) is 24.4 Å². The van der Waals surface area contributed by atoms with Crippen molar-refractivity contribution in [3.05, 3.63) is 35.4 Å². The molecule has 1 aliphatic heterocycles. The maximum Gasteiger partial charge on any atom is 0.0827 e. The average molecular weight is 200 g/mol. The fourth-order valence-corrected chi connectivity index (χ4v) is 2.75. The highest BCUT2D eigenvalue weighted by molar-refractivity contribution is 5.57. The van der Waals surface area contributed by atoms with Crippen LogP contribution in [0.15, 0.2) is 29.3 Å². The van der Waals surface area contributed by atoms with Gasteiger partial charge in [-0.25, -0.2) is 0 Å². The van der Waals surface area contributed by atoms with Crippen LogP contribution >= 0.6 is 0 Å². The molecule has 0 fully saturated rings. The molecule has 1 atom stereocenters. The molecule has 0 amide bonds. The second-order valence-electron chi connectivity index (χ2n) is 4.64. The van der Waals surface area contributed by atoms with Crippen molar-refractivity contribution >= 4 is 6.34 Å². The van der Waals surface area contributed by atoms with Crippen molar-refractivity contribution in [2.24, 2.45) is 10.9 Å². The average Bonchev–Trinajstić information content (AvgIpc) is 2.86. The van der Waals surface area contributed by atoms with E-state index in [1.54, 1.807) is 11.1 Å². The van der Waals surface area contributed by atoms with Crippen LogP contribution in [-0.2, 0) is 12.8 Å². The molecule has 0 bridgehead atoms. The van der Waals surface area contributed by atoms with Crippen molar-refractivity contribution in [3.63, 3.8) is 0 Å². The molecule has 1 aromatic rings. The molecule has 15 heavy (non-hydrogen) atoms. The summed E-state index contributed by atoms with van der Waals surface area (Å²) in [5, 5.41) is 3.32. The molecule has 0 radical (unpaired) electrons. The zero-order valence-corrected chi connectivity index (χ0v) is 8.82. The standard InChI is InChI=1S/C13H16N2/c1-2-4-12-6-10(5-11(12)3-1)7-13-8-14-9-15-13/h1-4,9-10,13H,5-8H2,(H,14,15)/t13-/m0/s1. The summed E-state index contributed by atoms with van der Waals surface area (Å²) in [7, 11) is 0. The van der Waals surface area contributed by atoms with E-state index in [0.717, 1.165) is 12.5 Å². The first-order chi connectivity index (χ1) is 7.42. The minimum atomic E-state index is 0.587. The zero-order chi connectivity index (χ0) is 10.1. The Balaban J connectivity index is 1.63. The van der Waals surface area contributed by atoms with E-state index in [4.69, 9.17) is 0 Å². The van der Waals surface area contributed by atoms with Gasteiger partial charge in [0.1, 0.15) is 0 Å². The second-order valence-corrected chi connectivity index (χ2v) is 4.64. The van der Waals surface area contributed by atoms with Gasteiger partial charge in [0.2, 0.25) is 0 Å². The van der Waals surface area contributed by atoms with E-state index in [1.165, 1.54) is 19.3 Å². The number of rotatable bonds is 2. The van der Waals surface area contributed by atoms with Gasteiger partial charge in [0.15, 0.2) is 0 Å². The molecule has 3 rings (SSSR count). The SMILES string of the molecule is C1=NC[C@H](CC2Cc3ccccc3C2)N1. The van der Waals surface area contributed by atoms with Gasteiger partial charge in [0, 0.05) is 6.04 Å². The molecule has 1 aromatic carbocycles. The van der Waals surface area contributed by atoms with Crippen LogP contribution < -0.4 is 5.32 Å². The third-order valence-corrected chi connectivity index (χ3v) is 3.48. The number of benzene rings is 1. The second kappa shape index (κ2) is 3.69. The summed E-state index contributed by atoms with van der Waals surface area (Å²) in [6.45, 7) is 0.965. The first-order valence-electron chi connectivity index (χ1n) is 5.73. The molecule has 1 heterocycles. The van der Waals surface area contributed by atoms with Gasteiger partial charge in [-0.05, 0) is 36.3 Å². The maximum absolute atomic E-state index is 4.22. The van der Waals surface area contributed by atoms with Gasteiger partial charge in [-0.3, -0.25) is 4.99 Å². The Morgan fingerprint density at radius 3 is 2.53 bits per heavy atom. The Kier molecular flexibility index (Phi) is 2.20. The van der Waals surface area contributed by atoms with Crippen LogP contribution in [0.3, 0.4) is 0 Å². The fourth-order valence-electron chi connectivity index (χ4n) is 2.75. The Morgan fingerprint density at radius 2 is 1.93 bits per heavy atom. The largest absolute Gasteiger partial charge is 0.372 e. The van der Waals surface area contributed by atoms with E-state index in [1.807, 2.05) is 6.34 Å². The lowest BCUT2D eigenvalue weighted by Gasteiger charge is -2.14. The van der Waals surface area contributed by atoms with E-state index >= 15 is 0 Å². The van der Waals surface area contributed by atoms with Crippen molar-refractivity contribution in [1.29, 1.82) is 0 Å². The van der Waals surface area contributed by atoms with Crippen LogP contribution in [0.4, 0.5) is 0 Å². The Hall–Kier alpha value is -1.31. The fraction of sp³-hybridized carbons (Fsp3) is 0.462. The lowest BCUT2D eigenvalue weighted by Crippen LogP contribution is -2.27. The molecular formula is C13H16N2. The van der Waals surface area contributed by atoms with Gasteiger partial charge >= 0.3 is 0 Å². The van der Waals surface area contributed by atoms with Crippen molar-refractivity contribution in [3.8, 4) is 0 Å². The molecule has 0 saturated heterocycles. The summed E-state index contributed by atoms with van der Waals surface area (Å²) in [4.78, 5) is 4.22. The van der Waals surface area contributed by atoms with Crippen LogP contribution in [0.1, 0.15) is 17.5 Å². The lowest BCUT2D eigenvalue weighted by atomic mass is 9.97. The smallest absolute Gasteiger partial charge is 0.0827 e. The number of nitrogens with one attached hydrogen (secondary N) is 1. The highest BCUT2D eigenvalue weighted by Crippen LogP contribution is 2.29. The number of fused-ring (bicyclic) bond motifs is 1. The maximum atomic E-state index is 4.22. The molecule has 0 spiro atoms. The van der Waals surface area contributed by atoms with Crippen molar-refractivity contribution < 1.29 is 0 Å². The van der Waals surface area contributed by atoms with Crippen LogP contribution in [0.2, 0.25) is 0 Å². The first kappa shape index (κ1) is 8.96. The van der Waals surface area contributed by atoms with E-state index in [0.29, 0.717) is 6.04 Å². The van der Waals surface area contributed by atoms with Gasteiger partial charge in [0.25, 0.3) is 0 Å². The van der Waals surface area contributed by atoms with Crippen molar-refractivity contribution in [2.45, 2.75) is 25.3 Å². The van der Waals surface area contributed by atoms with Crippen molar-refractivity contribution in [1.82, 2.24) is 5.32 Å². The van der Waals surface area contributed by atoms with Gasteiger partial charge < -0.3 is 5.32 Å². The summed E-state index contributed by atoms with van der Waals surface area (Å²) in [6.07, 6.45) is 5.63. The minimum absolute atomic E-state index is 0.587. The van der Waals surface area contributed by atoms with Gasteiger partial charge in [-0.2, -0.15) is 0 Å². The van der Waals surface area contributed by atoms with E-state index < -0.39 is 0 Å². The lowest BCUT2D eigenvalue weighted by molar-refractivity contribution is 0.445. The van der Waals surface area contributed by atoms with Gasteiger partial charge in [0.05, 0.1) is 12.9 Å². The number of aliphatic imine (C=N–C) groups is 1. The Labute approximate surface area is 90.4 Å². The third kappa shape index (κ3) is 1.76. The Morgan fingerprint density at radius 1 is 1.20 bits per heavy atom. The first-order valence-corrected chi connectivity index (χ1v) is 5.73.